The Morgan fingerprint density at radius 3 is 2.31 bits per heavy atom. The smallest absolute Gasteiger partial charge is 0.218 e. The number of anilines is 1. The van der Waals surface area contributed by atoms with Crippen molar-refractivity contribution < 1.29 is 14.3 Å². The van der Waals surface area contributed by atoms with Crippen LogP contribution in [0.4, 0.5) is 5.69 Å². The Bertz CT molecular complexity index is 1310. The van der Waals surface area contributed by atoms with Gasteiger partial charge in [-0.05, 0) is 105 Å². The van der Waals surface area contributed by atoms with E-state index >= 15 is 0 Å². The first kappa shape index (κ1) is 26.0. The summed E-state index contributed by atoms with van der Waals surface area (Å²) in [6.07, 6.45) is 5.37. The zero-order valence-corrected chi connectivity index (χ0v) is 21.8. The molecule has 0 N–H and O–H groups in total. The van der Waals surface area contributed by atoms with E-state index in [9.17, 15) is 9.59 Å². The van der Waals surface area contributed by atoms with E-state index in [2.05, 4.69) is 40.0 Å². The van der Waals surface area contributed by atoms with Crippen LogP contribution in [0.5, 0.6) is 5.75 Å². The third-order valence-corrected chi connectivity index (χ3v) is 6.49. The zero-order chi connectivity index (χ0) is 25.9. The molecule has 184 valence electrons. The van der Waals surface area contributed by atoms with Crippen LogP contribution in [0.2, 0.25) is 0 Å². The van der Waals surface area contributed by atoms with Crippen LogP contribution in [-0.2, 0) is 22.4 Å². The fourth-order valence-electron chi connectivity index (χ4n) is 4.80. The van der Waals surface area contributed by atoms with E-state index in [1.54, 1.807) is 9.47 Å². The summed E-state index contributed by atoms with van der Waals surface area (Å²) < 4.78 is 7.42. The Hall–Kier alpha value is -3.60. The van der Waals surface area contributed by atoms with Gasteiger partial charge in [0.15, 0.2) is 0 Å². The lowest BCUT2D eigenvalue weighted by Gasteiger charge is -2.17. The fourth-order valence-corrected chi connectivity index (χ4v) is 4.80. The van der Waals surface area contributed by atoms with Crippen LogP contribution in [0.3, 0.4) is 0 Å². The molecule has 0 radical (unpaired) electrons. The fraction of sp³-hybridized carbons (Fsp3) is 0.333. The lowest BCUT2D eigenvalue weighted by molar-refractivity contribution is -0.107. The minimum atomic E-state index is 0.538. The number of fused-ring (bicyclic) bond motifs is 2. The van der Waals surface area contributed by atoms with Gasteiger partial charge in [0.05, 0.1) is 11.2 Å². The molecule has 1 aliphatic heterocycles. The second kappa shape index (κ2) is 10.8. The molecule has 1 aromatic heterocycles. The van der Waals surface area contributed by atoms with Gasteiger partial charge in [-0.1, -0.05) is 24.8 Å². The molecule has 0 spiro atoms. The number of aryl methyl sites for hydroxylation is 3. The lowest BCUT2D eigenvalue weighted by Crippen LogP contribution is -2.18. The van der Waals surface area contributed by atoms with E-state index in [0.717, 1.165) is 76.8 Å². The van der Waals surface area contributed by atoms with E-state index in [-0.39, 0.29) is 0 Å². The van der Waals surface area contributed by atoms with Crippen LogP contribution in [0.25, 0.3) is 10.9 Å². The van der Waals surface area contributed by atoms with Gasteiger partial charge in [-0.3, -0.25) is 14.2 Å². The third kappa shape index (κ3) is 5.40. The van der Waals surface area contributed by atoms with Crippen LogP contribution in [0, 0.1) is 27.7 Å². The van der Waals surface area contributed by atoms with Gasteiger partial charge in [-0.25, -0.2) is 0 Å². The molecular formula is C30H36N2O3. The summed E-state index contributed by atoms with van der Waals surface area (Å²) in [4.78, 5) is 23.8. The van der Waals surface area contributed by atoms with Crippen LogP contribution >= 0.6 is 0 Å². The number of hydrogen-bond donors (Lipinski definition) is 0. The average molecular weight is 473 g/mol. The Morgan fingerprint density at radius 2 is 1.71 bits per heavy atom. The van der Waals surface area contributed by atoms with Crippen molar-refractivity contribution in [3.05, 3.63) is 82.1 Å². The molecule has 1 aliphatic rings. The number of nitrogens with zero attached hydrogens (tertiary/aromatic N) is 2. The van der Waals surface area contributed by atoms with E-state index in [1.807, 2.05) is 39.1 Å². The maximum Gasteiger partial charge on any atom is 0.218 e. The van der Waals surface area contributed by atoms with Crippen LogP contribution in [-0.4, -0.2) is 30.5 Å². The molecule has 0 saturated carbocycles. The van der Waals surface area contributed by atoms with Crippen LogP contribution in [0.15, 0.2) is 48.7 Å². The van der Waals surface area contributed by atoms with Gasteiger partial charge in [0, 0.05) is 18.1 Å². The molecule has 35 heavy (non-hydrogen) atoms. The number of rotatable bonds is 7. The maximum absolute atomic E-state index is 11.0. The number of hydrogen-bond acceptors (Lipinski definition) is 3. The second-order valence-corrected chi connectivity index (χ2v) is 9.64. The minimum Gasteiger partial charge on any atom is -0.489 e. The van der Waals surface area contributed by atoms with E-state index in [1.165, 1.54) is 22.3 Å². The van der Waals surface area contributed by atoms with Crippen molar-refractivity contribution in [1.82, 2.24) is 4.57 Å². The van der Waals surface area contributed by atoms with Gasteiger partial charge in [0.2, 0.25) is 12.8 Å². The van der Waals surface area contributed by atoms with Crippen LogP contribution in [0.1, 0.15) is 47.2 Å². The SMILES string of the molecule is C=C(C)COc1cc(C)c2c(c1C)CCN2C=O.C=C(C)Cc1cc(C)c2ccn(C=O)c2c1C. The Morgan fingerprint density at radius 1 is 1.00 bits per heavy atom. The molecule has 0 bridgehead atoms. The van der Waals surface area contributed by atoms with Crippen molar-refractivity contribution in [2.75, 3.05) is 18.1 Å². The highest BCUT2D eigenvalue weighted by molar-refractivity contribution is 5.91. The molecule has 0 saturated heterocycles. The highest BCUT2D eigenvalue weighted by Crippen LogP contribution is 2.38. The van der Waals surface area contributed by atoms with Gasteiger partial charge in [-0.15, -0.1) is 0 Å². The zero-order valence-electron chi connectivity index (χ0n) is 21.8. The molecule has 0 atom stereocenters. The van der Waals surface area contributed by atoms with Crippen molar-refractivity contribution in [3.63, 3.8) is 0 Å². The number of carbonyl (C=O) groups is 2. The van der Waals surface area contributed by atoms with Gasteiger partial charge >= 0.3 is 0 Å². The van der Waals surface area contributed by atoms with E-state index in [4.69, 9.17) is 4.74 Å². The number of benzene rings is 2. The van der Waals surface area contributed by atoms with E-state index in [0.29, 0.717) is 6.61 Å². The molecule has 0 unspecified atom stereocenters. The molecule has 0 aliphatic carbocycles. The summed E-state index contributed by atoms with van der Waals surface area (Å²) in [7, 11) is 0. The molecular weight excluding hydrogens is 436 g/mol. The molecule has 5 nitrogen and oxygen atoms in total. The predicted octanol–water partition coefficient (Wildman–Crippen LogP) is 6.19. The maximum atomic E-state index is 11.0. The van der Waals surface area contributed by atoms with Crippen LogP contribution < -0.4 is 9.64 Å². The first-order chi connectivity index (χ1) is 16.6. The quantitative estimate of drug-likeness (QED) is 0.304. The summed E-state index contributed by atoms with van der Waals surface area (Å²) in [6.45, 7) is 21.3. The molecule has 2 heterocycles. The lowest BCUT2D eigenvalue weighted by atomic mass is 9.97. The van der Waals surface area contributed by atoms with Crippen molar-refractivity contribution >= 4 is 29.4 Å². The number of carbonyl (C=O) groups excluding carboxylic acids is 2. The molecule has 5 heteroatoms. The van der Waals surface area contributed by atoms with Crippen molar-refractivity contribution in [2.45, 2.75) is 54.4 Å². The average Bonchev–Trinajstić information content (AvgIpc) is 3.44. The monoisotopic (exact) mass is 472 g/mol. The summed E-state index contributed by atoms with van der Waals surface area (Å²) in [5.41, 5.74) is 11.3. The largest absolute Gasteiger partial charge is 0.489 e. The highest BCUT2D eigenvalue weighted by Gasteiger charge is 2.24. The third-order valence-electron chi connectivity index (χ3n) is 6.49. The van der Waals surface area contributed by atoms with Crippen molar-refractivity contribution in [3.8, 4) is 5.75 Å². The topological polar surface area (TPSA) is 51.5 Å². The minimum absolute atomic E-state index is 0.538. The molecule has 3 aromatic rings. The summed E-state index contributed by atoms with van der Waals surface area (Å²) in [6, 6.07) is 6.21. The van der Waals surface area contributed by atoms with Crippen molar-refractivity contribution in [1.29, 1.82) is 0 Å². The molecule has 0 fully saturated rings. The Kier molecular flexibility index (Phi) is 8.00. The van der Waals surface area contributed by atoms with Gasteiger partial charge in [-0.2, -0.15) is 0 Å². The molecule has 2 aromatic carbocycles. The number of allylic oxidation sites excluding steroid dienone is 1. The molecule has 4 rings (SSSR count). The normalized spacial score (nSPS) is 12.1. The molecule has 1 amide bonds. The number of amides is 1. The Balaban J connectivity index is 0.000000196. The number of aromatic nitrogens is 1. The van der Waals surface area contributed by atoms with Crippen molar-refractivity contribution in [2.24, 2.45) is 0 Å². The highest BCUT2D eigenvalue weighted by atomic mass is 16.5. The summed E-state index contributed by atoms with van der Waals surface area (Å²) in [5.74, 6) is 0.905. The number of ether oxygens (including phenoxy) is 1. The standard InChI is InChI=1S/C15H19NO2.C15H17NO/c1-10(2)8-18-14-7-11(3)15-13(12(14)4)5-6-16(15)9-17;1-10(2)7-13-8-11(3)14-5-6-16(9-17)15(14)12(13)4/h7,9H,1,5-6,8H2,2-4H3;5-6,8-9H,1,7H2,2-4H3. The summed E-state index contributed by atoms with van der Waals surface area (Å²) >= 11 is 0. The van der Waals surface area contributed by atoms with E-state index < -0.39 is 0 Å². The summed E-state index contributed by atoms with van der Waals surface area (Å²) in [5, 5.41) is 1.15. The first-order valence-electron chi connectivity index (χ1n) is 11.9. The van der Waals surface area contributed by atoms with Gasteiger partial charge < -0.3 is 9.64 Å². The first-order valence-corrected chi connectivity index (χ1v) is 11.9. The second-order valence-electron chi connectivity index (χ2n) is 9.64. The predicted molar refractivity (Wildman–Crippen MR) is 145 cm³/mol. The Labute approximate surface area is 208 Å². The van der Waals surface area contributed by atoms with Gasteiger partial charge in [0.1, 0.15) is 12.4 Å². The van der Waals surface area contributed by atoms with Gasteiger partial charge in [0.25, 0.3) is 0 Å².